The Kier molecular flexibility index (Phi) is 3.82. The van der Waals surface area contributed by atoms with Crippen LogP contribution in [0.3, 0.4) is 0 Å². The van der Waals surface area contributed by atoms with Gasteiger partial charge in [-0.25, -0.2) is 4.39 Å². The molecular formula is C12H7Cl2FOS. The normalized spacial score (nSPS) is 10.5. The maximum atomic E-state index is 12.8. The van der Waals surface area contributed by atoms with Crippen molar-refractivity contribution in [2.45, 2.75) is 6.42 Å². The van der Waals surface area contributed by atoms with Gasteiger partial charge in [0.05, 0.1) is 9.90 Å². The topological polar surface area (TPSA) is 17.1 Å². The molecule has 0 bridgehead atoms. The first kappa shape index (κ1) is 12.6. The minimum atomic E-state index is -0.416. The predicted molar refractivity (Wildman–Crippen MR) is 68.8 cm³/mol. The van der Waals surface area contributed by atoms with Crippen molar-refractivity contribution in [3.8, 4) is 0 Å². The molecule has 0 unspecified atom stereocenters. The summed E-state index contributed by atoms with van der Waals surface area (Å²) >= 11 is 13.0. The second-order valence-corrected chi connectivity index (χ2v) is 5.16. The predicted octanol–water partition coefficient (Wildman–Crippen LogP) is 4.62. The van der Waals surface area contributed by atoms with E-state index < -0.39 is 5.82 Å². The zero-order chi connectivity index (χ0) is 12.4. The van der Waals surface area contributed by atoms with E-state index >= 15 is 0 Å². The molecule has 5 heteroatoms. The van der Waals surface area contributed by atoms with Crippen LogP contribution in [0, 0.1) is 5.82 Å². The van der Waals surface area contributed by atoms with Gasteiger partial charge in [-0.05, 0) is 29.1 Å². The van der Waals surface area contributed by atoms with E-state index in [1.54, 1.807) is 11.4 Å². The molecule has 17 heavy (non-hydrogen) atoms. The number of hydrogen-bond donors (Lipinski definition) is 0. The molecule has 1 heterocycles. The highest BCUT2D eigenvalue weighted by Gasteiger charge is 2.14. The van der Waals surface area contributed by atoms with Gasteiger partial charge in [0.1, 0.15) is 5.82 Å². The summed E-state index contributed by atoms with van der Waals surface area (Å²) in [6, 6.07) is 5.66. The smallest absolute Gasteiger partial charge is 0.178 e. The van der Waals surface area contributed by atoms with Crippen molar-refractivity contribution in [2.75, 3.05) is 0 Å². The van der Waals surface area contributed by atoms with Crippen molar-refractivity contribution >= 4 is 40.3 Å². The summed E-state index contributed by atoms with van der Waals surface area (Å²) in [6.45, 7) is 0. The molecule has 88 valence electrons. The van der Waals surface area contributed by atoms with Crippen LogP contribution < -0.4 is 0 Å². The number of benzene rings is 1. The van der Waals surface area contributed by atoms with Crippen LogP contribution in [0.2, 0.25) is 10.0 Å². The van der Waals surface area contributed by atoms with Gasteiger partial charge in [-0.1, -0.05) is 29.3 Å². The zero-order valence-electron chi connectivity index (χ0n) is 8.54. The van der Waals surface area contributed by atoms with Crippen LogP contribution in [0.5, 0.6) is 0 Å². The summed E-state index contributed by atoms with van der Waals surface area (Å²) in [5.41, 5.74) is 0.600. The van der Waals surface area contributed by atoms with E-state index in [9.17, 15) is 9.18 Å². The van der Waals surface area contributed by atoms with Gasteiger partial charge < -0.3 is 0 Å². The van der Waals surface area contributed by atoms with Crippen LogP contribution in [-0.4, -0.2) is 5.78 Å². The van der Waals surface area contributed by atoms with Gasteiger partial charge in [0.15, 0.2) is 5.78 Å². The fraction of sp³-hybridized carbons (Fsp3) is 0.0833. The molecule has 0 aliphatic carbocycles. The van der Waals surface area contributed by atoms with Gasteiger partial charge >= 0.3 is 0 Å². The summed E-state index contributed by atoms with van der Waals surface area (Å²) in [6.07, 6.45) is 0.124. The molecule has 0 amide bonds. The lowest BCUT2D eigenvalue weighted by Crippen LogP contribution is -2.02. The Balaban J connectivity index is 2.22. The van der Waals surface area contributed by atoms with Crippen molar-refractivity contribution in [1.82, 2.24) is 0 Å². The summed E-state index contributed by atoms with van der Waals surface area (Å²) in [5.74, 6) is -0.529. The number of ketones is 1. The van der Waals surface area contributed by atoms with Gasteiger partial charge in [0, 0.05) is 11.4 Å². The number of carbonyl (C=O) groups excluding carboxylic acids is 1. The molecule has 0 atom stereocenters. The third-order valence-corrected chi connectivity index (χ3v) is 3.97. The molecule has 2 rings (SSSR count). The maximum Gasteiger partial charge on any atom is 0.178 e. The van der Waals surface area contributed by atoms with E-state index in [-0.39, 0.29) is 17.2 Å². The van der Waals surface area contributed by atoms with Gasteiger partial charge in [-0.3, -0.25) is 4.79 Å². The Morgan fingerprint density at radius 1 is 1.24 bits per heavy atom. The summed E-state index contributed by atoms with van der Waals surface area (Å²) in [5, 5.41) is 2.45. The molecule has 0 saturated heterocycles. The van der Waals surface area contributed by atoms with Crippen LogP contribution in [0.15, 0.2) is 29.6 Å². The van der Waals surface area contributed by atoms with E-state index in [4.69, 9.17) is 23.2 Å². The standard InChI is InChI=1S/C12H7Cl2FOS/c13-9-3-4-17-12(9)11(16)5-7-1-2-8(15)6-10(7)14/h1-4,6H,5H2. The average Bonchev–Trinajstić information content (AvgIpc) is 2.68. The van der Waals surface area contributed by atoms with Gasteiger partial charge in [0.25, 0.3) is 0 Å². The molecule has 0 aliphatic heterocycles. The van der Waals surface area contributed by atoms with Crippen molar-refractivity contribution in [1.29, 1.82) is 0 Å². The van der Waals surface area contributed by atoms with Crippen molar-refractivity contribution in [2.24, 2.45) is 0 Å². The van der Waals surface area contributed by atoms with Gasteiger partial charge in [0.2, 0.25) is 0 Å². The number of hydrogen-bond acceptors (Lipinski definition) is 2. The highest BCUT2D eigenvalue weighted by atomic mass is 35.5. The van der Waals surface area contributed by atoms with E-state index in [2.05, 4.69) is 0 Å². The molecule has 1 nitrogen and oxygen atoms in total. The highest BCUT2D eigenvalue weighted by Crippen LogP contribution is 2.25. The van der Waals surface area contributed by atoms with Crippen LogP contribution >= 0.6 is 34.5 Å². The Morgan fingerprint density at radius 2 is 2.00 bits per heavy atom. The molecule has 0 radical (unpaired) electrons. The quantitative estimate of drug-likeness (QED) is 0.753. The molecule has 0 aliphatic rings. The van der Waals surface area contributed by atoms with E-state index in [1.807, 2.05) is 0 Å². The van der Waals surface area contributed by atoms with E-state index in [0.29, 0.717) is 15.5 Å². The average molecular weight is 289 g/mol. The number of rotatable bonds is 3. The van der Waals surface area contributed by atoms with E-state index in [1.165, 1.54) is 29.5 Å². The molecular weight excluding hydrogens is 282 g/mol. The first-order valence-corrected chi connectivity index (χ1v) is 6.41. The van der Waals surface area contributed by atoms with Crippen molar-refractivity contribution in [3.63, 3.8) is 0 Å². The van der Waals surface area contributed by atoms with Crippen LogP contribution in [0.4, 0.5) is 4.39 Å². The fourth-order valence-electron chi connectivity index (χ4n) is 1.41. The molecule has 0 saturated carbocycles. The molecule has 1 aromatic heterocycles. The molecule has 0 N–H and O–H groups in total. The fourth-order valence-corrected chi connectivity index (χ4v) is 2.75. The van der Waals surface area contributed by atoms with Crippen molar-refractivity contribution < 1.29 is 9.18 Å². The minimum absolute atomic E-state index is 0.112. The highest BCUT2D eigenvalue weighted by molar-refractivity contribution is 7.12. The van der Waals surface area contributed by atoms with E-state index in [0.717, 1.165) is 0 Å². The van der Waals surface area contributed by atoms with Crippen LogP contribution in [-0.2, 0) is 6.42 Å². The van der Waals surface area contributed by atoms with Crippen molar-refractivity contribution in [3.05, 3.63) is 55.9 Å². The number of thiophene rings is 1. The zero-order valence-corrected chi connectivity index (χ0v) is 10.9. The molecule has 1 aromatic carbocycles. The first-order valence-electron chi connectivity index (χ1n) is 4.78. The lowest BCUT2D eigenvalue weighted by Gasteiger charge is -2.03. The number of halogens is 3. The lowest BCUT2D eigenvalue weighted by atomic mass is 10.1. The van der Waals surface area contributed by atoms with Gasteiger partial charge in [-0.2, -0.15) is 0 Å². The Bertz CT molecular complexity index is 565. The summed E-state index contributed by atoms with van der Waals surface area (Å²) in [4.78, 5) is 12.4. The van der Waals surface area contributed by atoms with Crippen LogP contribution in [0.25, 0.3) is 0 Å². The third-order valence-electron chi connectivity index (χ3n) is 2.24. The number of Topliss-reactive ketones (excluding diaryl/α,β-unsaturated/α-hetero) is 1. The summed E-state index contributed by atoms with van der Waals surface area (Å²) < 4.78 is 12.8. The SMILES string of the molecule is O=C(Cc1ccc(F)cc1Cl)c1sccc1Cl. The van der Waals surface area contributed by atoms with Gasteiger partial charge in [-0.15, -0.1) is 11.3 Å². The Labute approximate surface area is 112 Å². The maximum absolute atomic E-state index is 12.8. The Hall–Kier alpha value is -0.900. The second-order valence-electron chi connectivity index (χ2n) is 3.43. The minimum Gasteiger partial charge on any atom is -0.293 e. The third kappa shape index (κ3) is 2.86. The number of carbonyl (C=O) groups is 1. The largest absolute Gasteiger partial charge is 0.293 e. The summed E-state index contributed by atoms with van der Waals surface area (Å²) in [7, 11) is 0. The first-order chi connectivity index (χ1) is 8.08. The monoisotopic (exact) mass is 288 g/mol. The molecule has 0 spiro atoms. The molecule has 0 fully saturated rings. The second kappa shape index (κ2) is 5.17. The van der Waals surface area contributed by atoms with Crippen LogP contribution in [0.1, 0.15) is 15.2 Å². The Morgan fingerprint density at radius 3 is 2.59 bits per heavy atom. The lowest BCUT2D eigenvalue weighted by molar-refractivity contribution is 0.0997. The molecule has 2 aromatic rings.